The zero-order valence-electron chi connectivity index (χ0n) is 14.2. The van der Waals surface area contributed by atoms with Gasteiger partial charge in [-0.05, 0) is 60.9 Å². The van der Waals surface area contributed by atoms with Crippen molar-refractivity contribution in [2.45, 2.75) is 20.3 Å². The molecule has 0 aromatic heterocycles. The summed E-state index contributed by atoms with van der Waals surface area (Å²) in [5.41, 5.74) is 5.67. The molecule has 0 atom stereocenters. The number of hydrazone groups is 1. The normalized spacial score (nSPS) is 11.0. The third-order valence-corrected chi connectivity index (χ3v) is 3.58. The molecule has 25 heavy (non-hydrogen) atoms. The molecule has 0 heterocycles. The first-order valence-corrected chi connectivity index (χ1v) is 7.88. The van der Waals surface area contributed by atoms with Crippen LogP contribution in [-0.4, -0.2) is 29.3 Å². The third-order valence-electron chi connectivity index (χ3n) is 3.58. The first kappa shape index (κ1) is 18.2. The monoisotopic (exact) mass is 340 g/mol. The van der Waals surface area contributed by atoms with Crippen LogP contribution in [0.5, 0.6) is 5.75 Å². The molecule has 0 aliphatic rings. The molecule has 0 saturated carbocycles. The van der Waals surface area contributed by atoms with E-state index in [-0.39, 0.29) is 12.5 Å². The molecule has 0 bridgehead atoms. The van der Waals surface area contributed by atoms with E-state index in [4.69, 9.17) is 9.84 Å². The molecule has 2 aromatic carbocycles. The van der Waals surface area contributed by atoms with E-state index in [0.717, 1.165) is 12.0 Å². The number of benzene rings is 2. The number of nitrogens with zero attached hydrogens (tertiary/aromatic N) is 1. The average molecular weight is 340 g/mol. The van der Waals surface area contributed by atoms with Crippen molar-refractivity contribution in [2.24, 2.45) is 5.10 Å². The second kappa shape index (κ2) is 8.63. The van der Waals surface area contributed by atoms with Crippen LogP contribution in [0.1, 0.15) is 35.3 Å². The van der Waals surface area contributed by atoms with Crippen molar-refractivity contribution in [3.63, 3.8) is 0 Å². The molecular weight excluding hydrogens is 320 g/mol. The molecule has 0 saturated heterocycles. The van der Waals surface area contributed by atoms with Gasteiger partial charge in [-0.3, -0.25) is 4.79 Å². The molecule has 0 aliphatic carbocycles. The fraction of sp³-hybridized carbons (Fsp3) is 0.211. The van der Waals surface area contributed by atoms with E-state index in [9.17, 15) is 9.59 Å². The van der Waals surface area contributed by atoms with Crippen LogP contribution in [0, 0.1) is 0 Å². The molecule has 2 rings (SSSR count). The number of aryl methyl sites for hydroxylation is 1. The number of amides is 1. The summed E-state index contributed by atoms with van der Waals surface area (Å²) in [4.78, 5) is 22.6. The molecule has 130 valence electrons. The van der Waals surface area contributed by atoms with Gasteiger partial charge in [0.1, 0.15) is 5.75 Å². The fourth-order valence-corrected chi connectivity index (χ4v) is 2.09. The number of carboxylic acid groups (broad SMARTS) is 1. The summed E-state index contributed by atoms with van der Waals surface area (Å²) >= 11 is 0. The number of nitrogens with one attached hydrogen (secondary N) is 1. The summed E-state index contributed by atoms with van der Waals surface area (Å²) in [7, 11) is 0. The number of aliphatic carboxylic acids is 1. The van der Waals surface area contributed by atoms with E-state index >= 15 is 0 Å². The number of ether oxygens (including phenoxy) is 1. The highest BCUT2D eigenvalue weighted by molar-refractivity contribution is 6.00. The minimum atomic E-state index is -1.03. The molecule has 6 nitrogen and oxygen atoms in total. The zero-order chi connectivity index (χ0) is 18.2. The Balaban J connectivity index is 1.97. The minimum absolute atomic E-state index is 0.275. The first-order valence-electron chi connectivity index (χ1n) is 7.88. The standard InChI is InChI=1S/C19H20N2O4/c1-3-14-4-6-16(7-5-14)19(24)21-20-13(2)15-8-10-17(11-9-15)25-12-18(22)23/h4-11H,3,12H2,1-2H3,(H,21,24)(H,22,23)/b20-13-. The lowest BCUT2D eigenvalue weighted by atomic mass is 10.1. The quantitative estimate of drug-likeness (QED) is 0.599. The van der Waals surface area contributed by atoms with Crippen LogP contribution in [-0.2, 0) is 11.2 Å². The molecule has 1 amide bonds. The van der Waals surface area contributed by atoms with Gasteiger partial charge in [-0.2, -0.15) is 5.10 Å². The van der Waals surface area contributed by atoms with E-state index < -0.39 is 5.97 Å². The molecular formula is C19H20N2O4. The van der Waals surface area contributed by atoms with Crippen molar-refractivity contribution in [3.05, 3.63) is 65.2 Å². The summed E-state index contributed by atoms with van der Waals surface area (Å²) < 4.78 is 5.07. The van der Waals surface area contributed by atoms with Crippen LogP contribution < -0.4 is 10.2 Å². The smallest absolute Gasteiger partial charge is 0.341 e. The van der Waals surface area contributed by atoms with E-state index in [1.807, 2.05) is 12.1 Å². The predicted molar refractivity (Wildman–Crippen MR) is 95.1 cm³/mol. The molecule has 0 aliphatic heterocycles. The van der Waals surface area contributed by atoms with Crippen LogP contribution in [0.4, 0.5) is 0 Å². The Bertz CT molecular complexity index is 765. The Labute approximate surface area is 146 Å². The van der Waals surface area contributed by atoms with Gasteiger partial charge in [0.05, 0.1) is 5.71 Å². The maximum atomic E-state index is 12.1. The summed E-state index contributed by atoms with van der Waals surface area (Å²) in [6, 6.07) is 14.2. The Morgan fingerprint density at radius 1 is 1.04 bits per heavy atom. The van der Waals surface area contributed by atoms with Crippen LogP contribution in [0.3, 0.4) is 0 Å². The SMILES string of the molecule is CCc1ccc(C(=O)N/N=C(/C)c2ccc(OCC(=O)O)cc2)cc1. The molecule has 2 aromatic rings. The summed E-state index contributed by atoms with van der Waals surface area (Å²) in [6.45, 7) is 3.44. The molecule has 0 spiro atoms. The fourth-order valence-electron chi connectivity index (χ4n) is 2.09. The Morgan fingerprint density at radius 3 is 2.20 bits per heavy atom. The second-order valence-corrected chi connectivity index (χ2v) is 5.40. The van der Waals surface area contributed by atoms with Crippen molar-refractivity contribution in [1.29, 1.82) is 0 Å². The second-order valence-electron chi connectivity index (χ2n) is 5.40. The Hall–Kier alpha value is -3.15. The lowest BCUT2D eigenvalue weighted by Gasteiger charge is -2.06. The van der Waals surface area contributed by atoms with Gasteiger partial charge in [-0.15, -0.1) is 0 Å². The number of carbonyl (C=O) groups excluding carboxylic acids is 1. The van der Waals surface area contributed by atoms with Gasteiger partial charge in [-0.25, -0.2) is 10.2 Å². The summed E-state index contributed by atoms with van der Waals surface area (Å²) in [5, 5.41) is 12.7. The highest BCUT2D eigenvalue weighted by Crippen LogP contribution is 2.13. The maximum Gasteiger partial charge on any atom is 0.341 e. The van der Waals surface area contributed by atoms with E-state index in [0.29, 0.717) is 17.0 Å². The number of hydrogen-bond donors (Lipinski definition) is 2. The average Bonchev–Trinajstić information content (AvgIpc) is 2.64. The van der Waals surface area contributed by atoms with Gasteiger partial charge >= 0.3 is 5.97 Å². The van der Waals surface area contributed by atoms with Gasteiger partial charge in [0.25, 0.3) is 5.91 Å². The maximum absolute atomic E-state index is 12.1. The van der Waals surface area contributed by atoms with E-state index in [1.54, 1.807) is 43.3 Å². The van der Waals surface area contributed by atoms with Crippen molar-refractivity contribution in [2.75, 3.05) is 6.61 Å². The van der Waals surface area contributed by atoms with Crippen LogP contribution in [0.2, 0.25) is 0 Å². The summed E-state index contributed by atoms with van der Waals surface area (Å²) in [6.07, 6.45) is 0.922. The van der Waals surface area contributed by atoms with Crippen molar-refractivity contribution in [1.82, 2.24) is 5.43 Å². The lowest BCUT2D eigenvalue weighted by molar-refractivity contribution is -0.139. The van der Waals surface area contributed by atoms with Crippen molar-refractivity contribution in [3.8, 4) is 5.75 Å². The highest BCUT2D eigenvalue weighted by Gasteiger charge is 2.05. The van der Waals surface area contributed by atoms with E-state index in [1.165, 1.54) is 5.56 Å². The minimum Gasteiger partial charge on any atom is -0.482 e. The third kappa shape index (κ3) is 5.46. The van der Waals surface area contributed by atoms with Crippen molar-refractivity contribution < 1.29 is 19.4 Å². The number of hydrogen-bond acceptors (Lipinski definition) is 4. The molecule has 0 unspecified atom stereocenters. The van der Waals surface area contributed by atoms with Crippen molar-refractivity contribution >= 4 is 17.6 Å². The number of rotatable bonds is 7. The van der Waals surface area contributed by atoms with Crippen LogP contribution >= 0.6 is 0 Å². The summed E-state index contributed by atoms with van der Waals surface area (Å²) in [5.74, 6) is -0.848. The lowest BCUT2D eigenvalue weighted by Crippen LogP contribution is -2.19. The highest BCUT2D eigenvalue weighted by atomic mass is 16.5. The first-order chi connectivity index (χ1) is 12.0. The van der Waals surface area contributed by atoms with Gasteiger partial charge < -0.3 is 9.84 Å². The van der Waals surface area contributed by atoms with Gasteiger partial charge in [-0.1, -0.05) is 19.1 Å². The van der Waals surface area contributed by atoms with Gasteiger partial charge in [0.2, 0.25) is 0 Å². The predicted octanol–water partition coefficient (Wildman–Crippen LogP) is 2.87. The van der Waals surface area contributed by atoms with E-state index in [2.05, 4.69) is 17.5 Å². The molecule has 0 fully saturated rings. The topological polar surface area (TPSA) is 88.0 Å². The Morgan fingerprint density at radius 2 is 1.64 bits per heavy atom. The Kier molecular flexibility index (Phi) is 6.28. The van der Waals surface area contributed by atoms with Crippen LogP contribution in [0.25, 0.3) is 0 Å². The molecule has 6 heteroatoms. The molecule has 2 N–H and O–H groups in total. The van der Waals surface area contributed by atoms with Gasteiger partial charge in [0.15, 0.2) is 6.61 Å². The largest absolute Gasteiger partial charge is 0.482 e. The number of carboxylic acids is 1. The van der Waals surface area contributed by atoms with Crippen LogP contribution in [0.15, 0.2) is 53.6 Å². The van der Waals surface area contributed by atoms with Gasteiger partial charge in [0, 0.05) is 5.56 Å². The molecule has 0 radical (unpaired) electrons. The number of carbonyl (C=O) groups is 2. The zero-order valence-corrected chi connectivity index (χ0v) is 14.2.